The van der Waals surface area contributed by atoms with Gasteiger partial charge in [0, 0.05) is 18.8 Å². The summed E-state index contributed by atoms with van der Waals surface area (Å²) in [4.78, 5) is 6.18. The Morgan fingerprint density at radius 3 is 2.34 bits per heavy atom. The number of thiazole rings is 1. The van der Waals surface area contributed by atoms with E-state index in [0.29, 0.717) is 5.92 Å². The van der Waals surface area contributed by atoms with Gasteiger partial charge in [0.05, 0.1) is 21.9 Å². The standard InChI is InChI=1S/C24H23N3OS/c1-24(28)14-19(15-24)16-8-10-17(11-9-16)21-22(18-6-4-3-5-7-18)29-23(26-21)20-12-13-25-27(20)2/h3-13,19,28H,14-15H2,1-2H3. The van der Waals surface area contributed by atoms with Gasteiger partial charge in [-0.1, -0.05) is 54.6 Å². The van der Waals surface area contributed by atoms with Crippen molar-refractivity contribution in [2.45, 2.75) is 31.3 Å². The van der Waals surface area contributed by atoms with Crippen molar-refractivity contribution < 1.29 is 5.11 Å². The molecule has 5 heteroatoms. The van der Waals surface area contributed by atoms with E-state index in [-0.39, 0.29) is 0 Å². The van der Waals surface area contributed by atoms with Crippen LogP contribution in [0.15, 0.2) is 66.9 Å². The lowest BCUT2D eigenvalue weighted by Gasteiger charge is -2.41. The predicted octanol–water partition coefficient (Wildman–Crippen LogP) is 5.51. The van der Waals surface area contributed by atoms with E-state index in [0.717, 1.165) is 34.8 Å². The summed E-state index contributed by atoms with van der Waals surface area (Å²) in [6, 6.07) is 21.1. The van der Waals surface area contributed by atoms with Crippen LogP contribution in [-0.2, 0) is 7.05 Å². The molecule has 5 rings (SSSR count). The van der Waals surface area contributed by atoms with Gasteiger partial charge >= 0.3 is 0 Å². The van der Waals surface area contributed by atoms with Gasteiger partial charge in [0.2, 0.25) is 0 Å². The second-order valence-electron chi connectivity index (χ2n) is 8.13. The quantitative estimate of drug-likeness (QED) is 0.491. The minimum Gasteiger partial charge on any atom is -0.390 e. The van der Waals surface area contributed by atoms with E-state index < -0.39 is 5.60 Å². The third-order valence-corrected chi connectivity index (χ3v) is 6.86. The van der Waals surface area contributed by atoms with Crippen LogP contribution in [0.4, 0.5) is 0 Å². The highest BCUT2D eigenvalue weighted by Crippen LogP contribution is 2.45. The minimum atomic E-state index is -0.503. The Kier molecular flexibility index (Phi) is 4.37. The first-order valence-electron chi connectivity index (χ1n) is 9.87. The molecule has 2 heterocycles. The number of hydrogen-bond donors (Lipinski definition) is 1. The lowest BCUT2D eigenvalue weighted by atomic mass is 9.69. The summed E-state index contributed by atoms with van der Waals surface area (Å²) in [5.41, 5.74) is 5.10. The summed E-state index contributed by atoms with van der Waals surface area (Å²) in [5, 5.41) is 15.3. The van der Waals surface area contributed by atoms with Gasteiger partial charge in [-0.25, -0.2) is 4.98 Å². The maximum absolute atomic E-state index is 10.0. The van der Waals surface area contributed by atoms with Gasteiger partial charge in [-0.2, -0.15) is 5.10 Å². The summed E-state index contributed by atoms with van der Waals surface area (Å²) in [7, 11) is 1.95. The molecule has 0 atom stereocenters. The Labute approximate surface area is 174 Å². The molecule has 0 spiro atoms. The fourth-order valence-corrected chi connectivity index (χ4v) is 5.29. The highest BCUT2D eigenvalue weighted by atomic mass is 32.1. The van der Waals surface area contributed by atoms with Crippen LogP contribution in [0.3, 0.4) is 0 Å². The number of aryl methyl sites for hydroxylation is 1. The van der Waals surface area contributed by atoms with Crippen LogP contribution in [-0.4, -0.2) is 25.5 Å². The van der Waals surface area contributed by atoms with Crippen molar-refractivity contribution in [1.29, 1.82) is 0 Å². The van der Waals surface area contributed by atoms with Crippen LogP contribution >= 0.6 is 11.3 Å². The average Bonchev–Trinajstić information content (AvgIpc) is 3.33. The zero-order valence-corrected chi connectivity index (χ0v) is 17.4. The fourth-order valence-electron chi connectivity index (χ4n) is 4.14. The topological polar surface area (TPSA) is 50.9 Å². The number of hydrogen-bond acceptors (Lipinski definition) is 4. The molecule has 2 aromatic heterocycles. The molecule has 1 aliphatic rings. The van der Waals surface area contributed by atoms with E-state index in [1.807, 2.05) is 30.8 Å². The van der Waals surface area contributed by atoms with Crippen LogP contribution in [0.25, 0.3) is 32.4 Å². The highest BCUT2D eigenvalue weighted by molar-refractivity contribution is 7.18. The molecular formula is C24H23N3OS. The summed E-state index contributed by atoms with van der Waals surface area (Å²) in [6.45, 7) is 1.92. The Bertz CT molecular complexity index is 1130. The van der Waals surface area contributed by atoms with Crippen LogP contribution in [0, 0.1) is 0 Å². The molecule has 0 unspecified atom stereocenters. The zero-order chi connectivity index (χ0) is 20.0. The molecule has 29 heavy (non-hydrogen) atoms. The molecule has 4 aromatic rings. The van der Waals surface area contributed by atoms with Crippen LogP contribution in [0.5, 0.6) is 0 Å². The first kappa shape index (κ1) is 18.3. The maximum atomic E-state index is 10.0. The summed E-state index contributed by atoms with van der Waals surface area (Å²) in [6.07, 6.45) is 3.48. The summed E-state index contributed by atoms with van der Waals surface area (Å²) >= 11 is 1.70. The Morgan fingerprint density at radius 2 is 1.72 bits per heavy atom. The summed E-state index contributed by atoms with van der Waals surface area (Å²) in [5.74, 6) is 0.452. The predicted molar refractivity (Wildman–Crippen MR) is 118 cm³/mol. The van der Waals surface area contributed by atoms with Gasteiger partial charge in [0.25, 0.3) is 0 Å². The number of nitrogens with zero attached hydrogens (tertiary/aromatic N) is 3. The molecule has 0 radical (unpaired) electrons. The van der Waals surface area contributed by atoms with Crippen molar-refractivity contribution in [2.24, 2.45) is 7.05 Å². The van der Waals surface area contributed by atoms with Crippen molar-refractivity contribution in [3.63, 3.8) is 0 Å². The molecule has 1 N–H and O–H groups in total. The van der Waals surface area contributed by atoms with Crippen molar-refractivity contribution in [3.8, 4) is 32.4 Å². The van der Waals surface area contributed by atoms with Gasteiger partial charge in [-0.3, -0.25) is 4.68 Å². The molecule has 0 bridgehead atoms. The van der Waals surface area contributed by atoms with E-state index >= 15 is 0 Å². The number of rotatable bonds is 4. The van der Waals surface area contributed by atoms with E-state index in [4.69, 9.17) is 4.98 Å². The second-order valence-corrected chi connectivity index (χ2v) is 9.13. The van der Waals surface area contributed by atoms with E-state index in [1.54, 1.807) is 17.5 Å². The number of benzene rings is 2. The Balaban J connectivity index is 1.55. The number of aliphatic hydroxyl groups is 1. The van der Waals surface area contributed by atoms with Gasteiger partial charge < -0.3 is 5.11 Å². The van der Waals surface area contributed by atoms with Gasteiger partial charge in [-0.15, -0.1) is 11.3 Å². The van der Waals surface area contributed by atoms with E-state index in [9.17, 15) is 5.11 Å². The van der Waals surface area contributed by atoms with Crippen molar-refractivity contribution in [2.75, 3.05) is 0 Å². The lowest BCUT2D eigenvalue weighted by molar-refractivity contribution is -0.0313. The molecule has 4 nitrogen and oxygen atoms in total. The molecule has 1 aliphatic carbocycles. The molecule has 0 saturated heterocycles. The van der Waals surface area contributed by atoms with E-state index in [1.165, 1.54) is 16.0 Å². The third kappa shape index (κ3) is 3.41. The molecule has 146 valence electrons. The molecule has 1 saturated carbocycles. The second kappa shape index (κ2) is 6.94. The fraction of sp³-hybridized carbons (Fsp3) is 0.250. The van der Waals surface area contributed by atoms with Gasteiger partial charge in [0.15, 0.2) is 0 Å². The van der Waals surface area contributed by atoms with Crippen LogP contribution in [0.1, 0.15) is 31.2 Å². The average molecular weight is 402 g/mol. The Hall–Kier alpha value is -2.76. The van der Waals surface area contributed by atoms with Crippen LogP contribution in [0.2, 0.25) is 0 Å². The molecule has 0 amide bonds. The first-order valence-corrected chi connectivity index (χ1v) is 10.7. The molecule has 1 fully saturated rings. The first-order chi connectivity index (χ1) is 14.0. The van der Waals surface area contributed by atoms with Crippen molar-refractivity contribution in [1.82, 2.24) is 14.8 Å². The normalized spacial score (nSPS) is 21.1. The smallest absolute Gasteiger partial charge is 0.142 e. The van der Waals surface area contributed by atoms with Gasteiger partial charge in [-0.05, 0) is 42.9 Å². The summed E-state index contributed by atoms with van der Waals surface area (Å²) < 4.78 is 1.86. The van der Waals surface area contributed by atoms with Gasteiger partial charge in [0.1, 0.15) is 5.01 Å². The molecule has 0 aliphatic heterocycles. The number of aromatic nitrogens is 3. The third-order valence-electron chi connectivity index (χ3n) is 5.73. The Morgan fingerprint density at radius 1 is 1.00 bits per heavy atom. The zero-order valence-electron chi connectivity index (χ0n) is 16.5. The maximum Gasteiger partial charge on any atom is 0.142 e. The largest absolute Gasteiger partial charge is 0.390 e. The molecular weight excluding hydrogens is 378 g/mol. The SMILES string of the molecule is Cn1nccc1-c1nc(-c2ccc(C3CC(C)(O)C3)cc2)c(-c2ccccc2)s1. The minimum absolute atomic E-state index is 0.452. The lowest BCUT2D eigenvalue weighted by Crippen LogP contribution is -2.39. The van der Waals surface area contributed by atoms with Crippen molar-refractivity contribution in [3.05, 3.63) is 72.4 Å². The molecule has 2 aromatic carbocycles. The van der Waals surface area contributed by atoms with Crippen LogP contribution < -0.4 is 0 Å². The monoisotopic (exact) mass is 401 g/mol. The van der Waals surface area contributed by atoms with Crippen molar-refractivity contribution >= 4 is 11.3 Å². The highest BCUT2D eigenvalue weighted by Gasteiger charge is 2.38. The van der Waals surface area contributed by atoms with E-state index in [2.05, 4.69) is 53.6 Å².